The Hall–Kier alpha value is -1.02. The zero-order chi connectivity index (χ0) is 12.3. The van der Waals surface area contributed by atoms with E-state index in [2.05, 4.69) is 0 Å². The number of hydrogen-bond donors (Lipinski definition) is 0. The average Bonchev–Trinajstić information content (AvgIpc) is 2.83. The second-order valence-corrected chi connectivity index (χ2v) is 5.02. The van der Waals surface area contributed by atoms with Crippen molar-refractivity contribution in [2.75, 3.05) is 7.11 Å². The van der Waals surface area contributed by atoms with E-state index < -0.39 is 0 Å². The van der Waals surface area contributed by atoms with Crippen LogP contribution in [0.1, 0.15) is 31.2 Å². The fraction of sp³-hybridized carbons (Fsp3) is 0.500. The summed E-state index contributed by atoms with van der Waals surface area (Å²) in [5.74, 6) is 1.32. The van der Waals surface area contributed by atoms with Gasteiger partial charge in [0.15, 0.2) is 0 Å². The molecule has 2 nitrogen and oxygen atoms in total. The van der Waals surface area contributed by atoms with Gasteiger partial charge in [0.1, 0.15) is 11.5 Å². The van der Waals surface area contributed by atoms with Crippen molar-refractivity contribution >= 4 is 17.4 Å². The minimum Gasteiger partial charge on any atom is -0.496 e. The van der Waals surface area contributed by atoms with E-state index in [-0.39, 0.29) is 5.92 Å². The molecule has 92 valence electrons. The number of benzene rings is 1. The monoisotopic (exact) mass is 252 g/mol. The second kappa shape index (κ2) is 5.54. The molecule has 3 heteroatoms. The Morgan fingerprint density at radius 3 is 2.76 bits per heavy atom. The summed E-state index contributed by atoms with van der Waals surface area (Å²) in [7, 11) is 1.62. The van der Waals surface area contributed by atoms with Crippen LogP contribution in [0, 0.1) is 5.92 Å². The molecule has 0 aliphatic heterocycles. The van der Waals surface area contributed by atoms with Crippen LogP contribution in [0.3, 0.4) is 0 Å². The van der Waals surface area contributed by atoms with Gasteiger partial charge in [0.25, 0.3) is 0 Å². The van der Waals surface area contributed by atoms with Crippen molar-refractivity contribution in [2.24, 2.45) is 5.92 Å². The Kier molecular flexibility index (Phi) is 4.06. The smallest absolute Gasteiger partial charge is 0.140 e. The zero-order valence-electron chi connectivity index (χ0n) is 10.0. The van der Waals surface area contributed by atoms with E-state index in [1.54, 1.807) is 13.2 Å². The molecule has 0 saturated heterocycles. The minimum atomic E-state index is 0.249. The third-order valence-corrected chi connectivity index (χ3v) is 3.65. The standard InChI is InChI=1S/C14H17ClO2/c1-17-14-7-6-12(15)8-11(14)9-13(16)10-4-2-3-5-10/h6-8,10H,2-5,9H2,1H3. The SMILES string of the molecule is COc1ccc(Cl)cc1CC(=O)C1CCCC1. The lowest BCUT2D eigenvalue weighted by molar-refractivity contribution is -0.122. The van der Waals surface area contributed by atoms with E-state index in [0.29, 0.717) is 17.2 Å². The number of rotatable bonds is 4. The summed E-state index contributed by atoms with van der Waals surface area (Å²) in [6.07, 6.45) is 4.89. The summed E-state index contributed by atoms with van der Waals surface area (Å²) in [6.45, 7) is 0. The first-order valence-electron chi connectivity index (χ1n) is 6.06. The Morgan fingerprint density at radius 1 is 1.41 bits per heavy atom. The summed E-state index contributed by atoms with van der Waals surface area (Å²) in [5.41, 5.74) is 0.900. The van der Waals surface area contributed by atoms with Gasteiger partial charge in [-0.25, -0.2) is 0 Å². The minimum absolute atomic E-state index is 0.249. The highest BCUT2D eigenvalue weighted by Gasteiger charge is 2.23. The molecule has 0 amide bonds. The van der Waals surface area contributed by atoms with Crippen LogP contribution in [0.4, 0.5) is 0 Å². The highest BCUT2D eigenvalue weighted by Crippen LogP contribution is 2.29. The predicted octanol–water partition coefficient (Wildman–Crippen LogP) is 3.65. The van der Waals surface area contributed by atoms with Gasteiger partial charge in [0.05, 0.1) is 7.11 Å². The van der Waals surface area contributed by atoms with Crippen molar-refractivity contribution < 1.29 is 9.53 Å². The summed E-state index contributed by atoms with van der Waals surface area (Å²) >= 11 is 5.95. The first-order chi connectivity index (χ1) is 8.20. The number of ether oxygens (including phenoxy) is 1. The molecule has 1 aromatic carbocycles. The molecule has 0 radical (unpaired) electrons. The molecule has 0 bridgehead atoms. The molecule has 1 aliphatic carbocycles. The lowest BCUT2D eigenvalue weighted by Crippen LogP contribution is -2.14. The molecule has 1 fully saturated rings. The van der Waals surface area contributed by atoms with Gasteiger partial charge < -0.3 is 4.74 Å². The molecule has 1 aromatic rings. The van der Waals surface area contributed by atoms with Crippen LogP contribution in [0.2, 0.25) is 5.02 Å². The fourth-order valence-electron chi connectivity index (χ4n) is 2.47. The van der Waals surface area contributed by atoms with E-state index in [1.807, 2.05) is 12.1 Å². The molecule has 1 aliphatic rings. The lowest BCUT2D eigenvalue weighted by Gasteiger charge is -2.11. The quantitative estimate of drug-likeness (QED) is 0.818. The van der Waals surface area contributed by atoms with Crippen LogP contribution in [0.5, 0.6) is 5.75 Å². The normalized spacial score (nSPS) is 16.1. The van der Waals surface area contributed by atoms with E-state index in [1.165, 1.54) is 12.8 Å². The van der Waals surface area contributed by atoms with Gasteiger partial charge in [0, 0.05) is 22.9 Å². The highest BCUT2D eigenvalue weighted by atomic mass is 35.5. The van der Waals surface area contributed by atoms with Crippen molar-refractivity contribution in [2.45, 2.75) is 32.1 Å². The van der Waals surface area contributed by atoms with Gasteiger partial charge in [-0.2, -0.15) is 0 Å². The number of carbonyl (C=O) groups excluding carboxylic acids is 1. The Bertz CT molecular complexity index is 409. The van der Waals surface area contributed by atoms with Crippen LogP contribution in [0.15, 0.2) is 18.2 Å². The van der Waals surface area contributed by atoms with Gasteiger partial charge in [-0.15, -0.1) is 0 Å². The van der Waals surface area contributed by atoms with E-state index >= 15 is 0 Å². The number of halogens is 1. The van der Waals surface area contributed by atoms with Gasteiger partial charge in [0.2, 0.25) is 0 Å². The lowest BCUT2D eigenvalue weighted by atomic mass is 9.96. The number of ketones is 1. The third kappa shape index (κ3) is 3.01. The van der Waals surface area contributed by atoms with Gasteiger partial charge >= 0.3 is 0 Å². The maximum atomic E-state index is 12.1. The summed E-state index contributed by atoms with van der Waals surface area (Å²) < 4.78 is 5.25. The molecule has 0 atom stereocenters. The van der Waals surface area contributed by atoms with E-state index in [0.717, 1.165) is 24.2 Å². The molecular weight excluding hydrogens is 236 g/mol. The third-order valence-electron chi connectivity index (χ3n) is 3.42. The number of carbonyl (C=O) groups is 1. The Morgan fingerprint density at radius 2 is 2.12 bits per heavy atom. The highest BCUT2D eigenvalue weighted by molar-refractivity contribution is 6.30. The van der Waals surface area contributed by atoms with Crippen molar-refractivity contribution in [1.82, 2.24) is 0 Å². The first kappa shape index (κ1) is 12.4. The van der Waals surface area contributed by atoms with Crippen LogP contribution in [0.25, 0.3) is 0 Å². The molecular formula is C14H17ClO2. The number of Topliss-reactive ketones (excluding diaryl/α,β-unsaturated/α-hetero) is 1. The summed E-state index contributed by atoms with van der Waals surface area (Å²) in [4.78, 5) is 12.1. The van der Waals surface area contributed by atoms with Crippen LogP contribution >= 0.6 is 11.6 Å². The molecule has 0 aromatic heterocycles. The molecule has 1 saturated carbocycles. The molecule has 2 rings (SSSR count). The first-order valence-corrected chi connectivity index (χ1v) is 6.43. The average molecular weight is 253 g/mol. The molecule has 0 spiro atoms. The molecule has 0 heterocycles. The van der Waals surface area contributed by atoms with Gasteiger partial charge in [-0.05, 0) is 31.0 Å². The van der Waals surface area contributed by atoms with Crippen LogP contribution in [-0.2, 0) is 11.2 Å². The molecule has 17 heavy (non-hydrogen) atoms. The summed E-state index contributed by atoms with van der Waals surface area (Å²) in [6, 6.07) is 5.43. The van der Waals surface area contributed by atoms with Crippen molar-refractivity contribution in [1.29, 1.82) is 0 Å². The van der Waals surface area contributed by atoms with Gasteiger partial charge in [-0.3, -0.25) is 4.79 Å². The van der Waals surface area contributed by atoms with E-state index in [9.17, 15) is 4.79 Å². The van der Waals surface area contributed by atoms with Gasteiger partial charge in [-0.1, -0.05) is 24.4 Å². The number of hydrogen-bond acceptors (Lipinski definition) is 2. The second-order valence-electron chi connectivity index (χ2n) is 4.58. The Balaban J connectivity index is 2.11. The predicted molar refractivity (Wildman–Crippen MR) is 68.7 cm³/mol. The zero-order valence-corrected chi connectivity index (χ0v) is 10.8. The fourth-order valence-corrected chi connectivity index (χ4v) is 2.66. The van der Waals surface area contributed by atoms with Crippen LogP contribution < -0.4 is 4.74 Å². The van der Waals surface area contributed by atoms with E-state index in [4.69, 9.17) is 16.3 Å². The number of methoxy groups -OCH3 is 1. The Labute approximate surface area is 107 Å². The maximum absolute atomic E-state index is 12.1. The topological polar surface area (TPSA) is 26.3 Å². The van der Waals surface area contributed by atoms with Crippen molar-refractivity contribution in [3.8, 4) is 5.75 Å². The molecule has 0 unspecified atom stereocenters. The van der Waals surface area contributed by atoms with Crippen molar-refractivity contribution in [3.63, 3.8) is 0 Å². The molecule has 0 N–H and O–H groups in total. The largest absolute Gasteiger partial charge is 0.496 e. The van der Waals surface area contributed by atoms with Crippen LogP contribution in [-0.4, -0.2) is 12.9 Å². The maximum Gasteiger partial charge on any atom is 0.140 e. The van der Waals surface area contributed by atoms with Crippen molar-refractivity contribution in [3.05, 3.63) is 28.8 Å². The summed E-state index contributed by atoms with van der Waals surface area (Å²) in [5, 5.41) is 0.653.